The molecule has 0 atom stereocenters. The molecule has 162 valence electrons. The summed E-state index contributed by atoms with van der Waals surface area (Å²) in [4.78, 5) is 28.1. The molecule has 0 bridgehead atoms. The third kappa shape index (κ3) is 3.81. The van der Waals surface area contributed by atoms with Crippen molar-refractivity contribution in [2.75, 3.05) is 24.4 Å². The lowest BCUT2D eigenvalue weighted by Gasteiger charge is -2.17. The summed E-state index contributed by atoms with van der Waals surface area (Å²) in [6, 6.07) is 19.4. The molecule has 0 unspecified atom stereocenters. The van der Waals surface area contributed by atoms with Gasteiger partial charge >= 0.3 is 0 Å². The van der Waals surface area contributed by atoms with E-state index in [9.17, 15) is 9.59 Å². The molecule has 1 heterocycles. The van der Waals surface area contributed by atoms with Crippen molar-refractivity contribution < 1.29 is 19.1 Å². The third-order valence-corrected chi connectivity index (χ3v) is 5.49. The monoisotopic (exact) mass is 448 g/mol. The van der Waals surface area contributed by atoms with Gasteiger partial charge < -0.3 is 14.8 Å². The Bertz CT molecular complexity index is 1230. The van der Waals surface area contributed by atoms with Crippen LogP contribution in [-0.4, -0.2) is 26.0 Å². The number of nitrogens with zero attached hydrogens (tertiary/aromatic N) is 1. The summed E-state index contributed by atoms with van der Waals surface area (Å²) < 4.78 is 10.6. The lowest BCUT2D eigenvalue weighted by Crippen LogP contribution is -2.32. The van der Waals surface area contributed by atoms with Crippen LogP contribution in [0.3, 0.4) is 0 Å². The van der Waals surface area contributed by atoms with Crippen molar-refractivity contribution in [3.05, 3.63) is 88.6 Å². The predicted octanol–water partition coefficient (Wildman–Crippen LogP) is 5.06. The summed E-state index contributed by atoms with van der Waals surface area (Å²) in [5.41, 5.74) is 3.01. The summed E-state index contributed by atoms with van der Waals surface area (Å²) in [5.74, 6) is 0.107. The van der Waals surface area contributed by atoms with E-state index in [1.54, 1.807) is 49.6 Å². The van der Waals surface area contributed by atoms with Gasteiger partial charge in [0, 0.05) is 11.8 Å². The minimum absolute atomic E-state index is 0.158. The van der Waals surface area contributed by atoms with E-state index in [-0.39, 0.29) is 11.3 Å². The number of methoxy groups -OCH3 is 2. The van der Waals surface area contributed by atoms with Crippen LogP contribution in [0.5, 0.6) is 11.5 Å². The Kier molecular flexibility index (Phi) is 5.88. The molecule has 32 heavy (non-hydrogen) atoms. The molecule has 0 fully saturated rings. The molecule has 0 saturated heterocycles. The van der Waals surface area contributed by atoms with Crippen LogP contribution in [0.25, 0.3) is 5.57 Å². The van der Waals surface area contributed by atoms with E-state index < -0.39 is 11.8 Å². The molecule has 1 aliphatic heterocycles. The van der Waals surface area contributed by atoms with Crippen molar-refractivity contribution in [3.8, 4) is 11.5 Å². The molecular weight excluding hydrogens is 428 g/mol. The largest absolute Gasteiger partial charge is 0.493 e. The number of carbonyl (C=O) groups excluding carboxylic acids is 2. The lowest BCUT2D eigenvalue weighted by atomic mass is 10.0. The molecule has 0 saturated carbocycles. The van der Waals surface area contributed by atoms with E-state index in [0.29, 0.717) is 33.5 Å². The van der Waals surface area contributed by atoms with Gasteiger partial charge in [0.15, 0.2) is 11.5 Å². The molecule has 0 radical (unpaired) electrons. The van der Waals surface area contributed by atoms with E-state index >= 15 is 0 Å². The van der Waals surface area contributed by atoms with Crippen molar-refractivity contribution in [1.29, 1.82) is 0 Å². The highest BCUT2D eigenvalue weighted by atomic mass is 35.5. The Morgan fingerprint density at radius 2 is 1.53 bits per heavy atom. The number of benzene rings is 3. The van der Waals surface area contributed by atoms with E-state index in [4.69, 9.17) is 21.1 Å². The maximum absolute atomic E-state index is 13.5. The van der Waals surface area contributed by atoms with Crippen LogP contribution >= 0.6 is 11.6 Å². The van der Waals surface area contributed by atoms with Gasteiger partial charge in [0.05, 0.1) is 30.5 Å². The van der Waals surface area contributed by atoms with E-state index in [1.807, 2.05) is 31.2 Å². The van der Waals surface area contributed by atoms with Gasteiger partial charge in [0.2, 0.25) is 0 Å². The molecule has 1 aliphatic rings. The number of anilines is 2. The van der Waals surface area contributed by atoms with Gasteiger partial charge in [-0.1, -0.05) is 53.6 Å². The van der Waals surface area contributed by atoms with E-state index in [2.05, 4.69) is 5.32 Å². The van der Waals surface area contributed by atoms with Crippen LogP contribution in [0.4, 0.5) is 11.4 Å². The van der Waals surface area contributed by atoms with Gasteiger partial charge in [-0.3, -0.25) is 9.59 Å². The zero-order chi connectivity index (χ0) is 22.8. The van der Waals surface area contributed by atoms with Crippen LogP contribution in [0.1, 0.15) is 11.1 Å². The van der Waals surface area contributed by atoms with Crippen molar-refractivity contribution >= 4 is 40.4 Å². The first kappa shape index (κ1) is 21.5. The lowest BCUT2D eigenvalue weighted by molar-refractivity contribution is -0.120. The van der Waals surface area contributed by atoms with E-state index in [0.717, 1.165) is 10.5 Å². The fraction of sp³-hybridized carbons (Fsp3) is 0.120. The first-order chi connectivity index (χ1) is 15.4. The van der Waals surface area contributed by atoms with Crippen LogP contribution in [0.2, 0.25) is 5.02 Å². The van der Waals surface area contributed by atoms with Gasteiger partial charge in [0.25, 0.3) is 11.8 Å². The highest BCUT2D eigenvalue weighted by Gasteiger charge is 2.41. The molecule has 4 rings (SSSR count). The van der Waals surface area contributed by atoms with Crippen LogP contribution in [0, 0.1) is 6.92 Å². The first-order valence-corrected chi connectivity index (χ1v) is 10.3. The average molecular weight is 449 g/mol. The summed E-state index contributed by atoms with van der Waals surface area (Å²) in [6.07, 6.45) is 0. The molecule has 0 spiro atoms. The van der Waals surface area contributed by atoms with Crippen molar-refractivity contribution in [1.82, 2.24) is 0 Å². The first-order valence-electron chi connectivity index (χ1n) is 9.88. The second-order valence-electron chi connectivity index (χ2n) is 7.21. The fourth-order valence-corrected chi connectivity index (χ4v) is 3.76. The second-order valence-corrected chi connectivity index (χ2v) is 7.62. The molecule has 0 aliphatic carbocycles. The summed E-state index contributed by atoms with van der Waals surface area (Å²) in [7, 11) is 3.08. The smallest absolute Gasteiger partial charge is 0.282 e. The maximum atomic E-state index is 13.5. The van der Waals surface area contributed by atoms with Crippen molar-refractivity contribution in [2.24, 2.45) is 0 Å². The zero-order valence-corrected chi connectivity index (χ0v) is 18.6. The Labute approximate surface area is 191 Å². The van der Waals surface area contributed by atoms with Gasteiger partial charge in [-0.05, 0) is 36.8 Å². The average Bonchev–Trinajstić information content (AvgIpc) is 3.04. The molecule has 0 aromatic heterocycles. The molecule has 3 aromatic carbocycles. The standard InChI is InChI=1S/C25H21ClN2O4/c1-15-8-10-16(11-9-15)22-23(27-17-12-13-20(31-2)21(14-17)32-3)25(30)28(24(22)29)19-7-5-4-6-18(19)26/h4-14,27H,1-3H3. The minimum Gasteiger partial charge on any atom is -0.493 e. The molecule has 7 heteroatoms. The number of nitrogens with one attached hydrogen (secondary N) is 1. The second kappa shape index (κ2) is 8.77. The van der Waals surface area contributed by atoms with Gasteiger partial charge in [0.1, 0.15) is 5.70 Å². The number of carbonyl (C=O) groups is 2. The number of hydrogen-bond donors (Lipinski definition) is 1. The maximum Gasteiger partial charge on any atom is 0.282 e. The number of para-hydroxylation sites is 1. The summed E-state index contributed by atoms with van der Waals surface area (Å²) >= 11 is 6.31. The molecule has 2 amide bonds. The van der Waals surface area contributed by atoms with Crippen LogP contribution < -0.4 is 19.7 Å². The number of aryl methyl sites for hydroxylation is 1. The fourth-order valence-electron chi connectivity index (χ4n) is 3.54. The topological polar surface area (TPSA) is 67.9 Å². The van der Waals surface area contributed by atoms with Gasteiger partial charge in [-0.15, -0.1) is 0 Å². The summed E-state index contributed by atoms with van der Waals surface area (Å²) in [5, 5.41) is 3.43. The third-order valence-electron chi connectivity index (χ3n) is 5.17. The van der Waals surface area contributed by atoms with E-state index in [1.165, 1.54) is 7.11 Å². The zero-order valence-electron chi connectivity index (χ0n) is 17.8. The number of imide groups is 1. The Morgan fingerprint density at radius 3 is 2.19 bits per heavy atom. The van der Waals surface area contributed by atoms with Crippen molar-refractivity contribution in [3.63, 3.8) is 0 Å². The number of hydrogen-bond acceptors (Lipinski definition) is 5. The molecular formula is C25H21ClN2O4. The normalized spacial score (nSPS) is 13.6. The molecule has 3 aromatic rings. The minimum atomic E-state index is -0.492. The number of rotatable bonds is 6. The Morgan fingerprint density at radius 1 is 0.844 bits per heavy atom. The highest BCUT2D eigenvalue weighted by Crippen LogP contribution is 2.38. The molecule has 6 nitrogen and oxygen atoms in total. The number of halogens is 1. The Balaban J connectivity index is 1.83. The van der Waals surface area contributed by atoms with Gasteiger partial charge in [-0.2, -0.15) is 0 Å². The number of amides is 2. The van der Waals surface area contributed by atoms with Crippen LogP contribution in [0.15, 0.2) is 72.4 Å². The molecule has 1 N–H and O–H groups in total. The predicted molar refractivity (Wildman–Crippen MR) is 125 cm³/mol. The summed E-state index contributed by atoms with van der Waals surface area (Å²) in [6.45, 7) is 1.96. The number of ether oxygens (including phenoxy) is 2. The van der Waals surface area contributed by atoms with Gasteiger partial charge in [-0.25, -0.2) is 4.90 Å². The Hall–Kier alpha value is -3.77. The SMILES string of the molecule is COc1ccc(NC2=C(c3ccc(C)cc3)C(=O)N(c3ccccc3Cl)C2=O)cc1OC. The quantitative estimate of drug-likeness (QED) is 0.534. The van der Waals surface area contributed by atoms with Crippen LogP contribution in [-0.2, 0) is 9.59 Å². The van der Waals surface area contributed by atoms with Crippen molar-refractivity contribution in [2.45, 2.75) is 6.92 Å². The highest BCUT2D eigenvalue weighted by molar-refractivity contribution is 6.48.